The summed E-state index contributed by atoms with van der Waals surface area (Å²) in [5, 5.41) is 0. The zero-order chi connectivity index (χ0) is 20.7. The van der Waals surface area contributed by atoms with Gasteiger partial charge in [-0.25, -0.2) is 9.59 Å². The molecule has 164 valence electrons. The van der Waals surface area contributed by atoms with Crippen LogP contribution in [0, 0.1) is 0 Å². The van der Waals surface area contributed by atoms with Gasteiger partial charge in [-0.05, 0) is 12.8 Å². The predicted octanol–water partition coefficient (Wildman–Crippen LogP) is 2.30. The Morgan fingerprint density at radius 1 is 0.536 bits per heavy atom. The van der Waals surface area contributed by atoms with Crippen molar-refractivity contribution in [2.75, 3.05) is 66.1 Å². The summed E-state index contributed by atoms with van der Waals surface area (Å²) in [4.78, 5) is 22.9. The molecular weight excluding hydrogens is 368 g/mol. The van der Waals surface area contributed by atoms with Crippen molar-refractivity contribution in [2.45, 2.75) is 39.5 Å². The van der Waals surface area contributed by atoms with Crippen molar-refractivity contribution in [1.82, 2.24) is 0 Å². The van der Waals surface area contributed by atoms with Crippen LogP contribution in [0.4, 0.5) is 0 Å². The van der Waals surface area contributed by atoms with E-state index in [0.717, 1.165) is 51.0 Å². The first-order chi connectivity index (χ1) is 13.7. The normalized spacial score (nSPS) is 11.1. The van der Waals surface area contributed by atoms with E-state index in [-0.39, 0.29) is 26.4 Å². The Balaban J connectivity index is 3.43. The largest absolute Gasteiger partial charge is 0.460 e. The molecule has 0 aliphatic rings. The summed E-state index contributed by atoms with van der Waals surface area (Å²) in [6.07, 6.45) is 6.32. The molecule has 0 aromatic rings. The zero-order valence-corrected chi connectivity index (χ0v) is 17.3. The highest BCUT2D eigenvalue weighted by Gasteiger charge is 2.01. The van der Waals surface area contributed by atoms with Crippen LogP contribution in [-0.2, 0) is 38.0 Å². The van der Waals surface area contributed by atoms with Gasteiger partial charge in [-0.15, -0.1) is 0 Å². The maximum atomic E-state index is 11.4. The van der Waals surface area contributed by atoms with Gasteiger partial charge in [-0.2, -0.15) is 0 Å². The summed E-state index contributed by atoms with van der Waals surface area (Å²) in [5.41, 5.74) is 0. The monoisotopic (exact) mass is 404 g/mol. The molecule has 0 bridgehead atoms. The van der Waals surface area contributed by atoms with Crippen LogP contribution in [0.25, 0.3) is 0 Å². The van der Waals surface area contributed by atoms with Gasteiger partial charge in [0.05, 0.1) is 39.6 Å². The fourth-order valence-electron chi connectivity index (χ4n) is 1.77. The highest BCUT2D eigenvalue weighted by Crippen LogP contribution is 1.90. The number of hydrogen-bond acceptors (Lipinski definition) is 8. The minimum absolute atomic E-state index is 0.112. The fraction of sp³-hybridized carbons (Fsp3) is 0.800. The average Bonchev–Trinajstić information content (AvgIpc) is 2.69. The third kappa shape index (κ3) is 20.8. The second-order valence-electron chi connectivity index (χ2n) is 5.82. The molecule has 0 unspecified atom stereocenters. The van der Waals surface area contributed by atoms with Gasteiger partial charge < -0.3 is 28.4 Å². The number of hydrogen-bond donors (Lipinski definition) is 0. The molecule has 0 aliphatic heterocycles. The standard InChI is InChI=1S/C20H36O8/c1-3-5-9-23-11-13-25-15-17-27-19(21)7-8-20(22)28-18-16-26-14-12-24-10-6-4-2/h7-8H,3-6,9-18H2,1-2H3/b8-7-. The molecule has 0 aromatic heterocycles. The summed E-state index contributed by atoms with van der Waals surface area (Å²) in [7, 11) is 0. The van der Waals surface area contributed by atoms with Gasteiger partial charge in [0.25, 0.3) is 0 Å². The van der Waals surface area contributed by atoms with Crippen molar-refractivity contribution in [3.63, 3.8) is 0 Å². The molecule has 0 N–H and O–H groups in total. The number of esters is 2. The third-order valence-corrected chi connectivity index (χ3v) is 3.33. The molecule has 0 amide bonds. The molecule has 0 atom stereocenters. The maximum Gasteiger partial charge on any atom is 0.331 e. The van der Waals surface area contributed by atoms with Crippen LogP contribution >= 0.6 is 0 Å². The van der Waals surface area contributed by atoms with Crippen LogP contribution in [0.3, 0.4) is 0 Å². The van der Waals surface area contributed by atoms with Crippen molar-refractivity contribution >= 4 is 11.9 Å². The molecule has 8 nitrogen and oxygen atoms in total. The van der Waals surface area contributed by atoms with Crippen molar-refractivity contribution in [3.8, 4) is 0 Å². The lowest BCUT2D eigenvalue weighted by atomic mass is 10.4. The second kappa shape index (κ2) is 21.8. The number of unbranched alkanes of at least 4 members (excludes halogenated alkanes) is 2. The van der Waals surface area contributed by atoms with E-state index in [2.05, 4.69) is 13.8 Å². The van der Waals surface area contributed by atoms with Gasteiger partial charge in [0, 0.05) is 25.4 Å². The van der Waals surface area contributed by atoms with Gasteiger partial charge in [-0.3, -0.25) is 0 Å². The summed E-state index contributed by atoms with van der Waals surface area (Å²) in [6.45, 7) is 8.40. The van der Waals surface area contributed by atoms with Gasteiger partial charge in [-0.1, -0.05) is 26.7 Å². The molecule has 28 heavy (non-hydrogen) atoms. The van der Waals surface area contributed by atoms with E-state index in [1.165, 1.54) is 0 Å². The number of carbonyl (C=O) groups excluding carboxylic acids is 2. The van der Waals surface area contributed by atoms with Crippen LogP contribution in [0.1, 0.15) is 39.5 Å². The number of rotatable bonds is 20. The average molecular weight is 405 g/mol. The molecule has 0 saturated carbocycles. The summed E-state index contributed by atoms with van der Waals surface area (Å²) in [6, 6.07) is 0. The Kier molecular flexibility index (Phi) is 20.7. The Labute approximate surface area is 168 Å². The van der Waals surface area contributed by atoms with Crippen LogP contribution in [0.5, 0.6) is 0 Å². The summed E-state index contributed by atoms with van der Waals surface area (Å²) < 4.78 is 31.0. The molecule has 0 radical (unpaired) electrons. The zero-order valence-electron chi connectivity index (χ0n) is 17.3. The Bertz CT molecular complexity index is 362. The lowest BCUT2D eigenvalue weighted by Gasteiger charge is -2.06. The van der Waals surface area contributed by atoms with E-state index < -0.39 is 11.9 Å². The summed E-state index contributed by atoms with van der Waals surface area (Å²) in [5.74, 6) is -1.25. The number of ether oxygens (including phenoxy) is 6. The van der Waals surface area contributed by atoms with Crippen LogP contribution in [0.2, 0.25) is 0 Å². The maximum absolute atomic E-state index is 11.4. The van der Waals surface area contributed by atoms with Crippen molar-refractivity contribution in [3.05, 3.63) is 12.2 Å². The first kappa shape index (κ1) is 26.5. The molecule has 0 saturated heterocycles. The van der Waals surface area contributed by atoms with E-state index in [1.807, 2.05) is 0 Å². The minimum atomic E-state index is -0.625. The Morgan fingerprint density at radius 3 is 1.21 bits per heavy atom. The van der Waals surface area contributed by atoms with E-state index in [4.69, 9.17) is 28.4 Å². The van der Waals surface area contributed by atoms with Crippen molar-refractivity contribution < 1.29 is 38.0 Å². The SMILES string of the molecule is CCCCOCCOCCOC(=O)/C=C\C(=O)OCCOCCOCCCC. The van der Waals surface area contributed by atoms with Crippen LogP contribution < -0.4 is 0 Å². The second-order valence-corrected chi connectivity index (χ2v) is 5.82. The molecule has 8 heteroatoms. The highest BCUT2D eigenvalue weighted by molar-refractivity contribution is 5.91. The summed E-state index contributed by atoms with van der Waals surface area (Å²) >= 11 is 0. The highest BCUT2D eigenvalue weighted by atomic mass is 16.6. The van der Waals surface area contributed by atoms with E-state index >= 15 is 0 Å². The quantitative estimate of drug-likeness (QED) is 0.173. The van der Waals surface area contributed by atoms with Gasteiger partial charge in [0.2, 0.25) is 0 Å². The fourth-order valence-corrected chi connectivity index (χ4v) is 1.77. The Morgan fingerprint density at radius 2 is 0.857 bits per heavy atom. The van der Waals surface area contributed by atoms with Gasteiger partial charge in [0.1, 0.15) is 13.2 Å². The third-order valence-electron chi connectivity index (χ3n) is 3.33. The van der Waals surface area contributed by atoms with E-state index in [0.29, 0.717) is 26.4 Å². The molecule has 0 aliphatic carbocycles. The molecule has 0 aromatic carbocycles. The van der Waals surface area contributed by atoms with Crippen LogP contribution in [0.15, 0.2) is 12.2 Å². The predicted molar refractivity (Wildman–Crippen MR) is 104 cm³/mol. The lowest BCUT2D eigenvalue weighted by molar-refractivity contribution is -0.142. The number of carbonyl (C=O) groups is 2. The van der Waals surface area contributed by atoms with E-state index in [9.17, 15) is 9.59 Å². The van der Waals surface area contributed by atoms with Gasteiger partial charge >= 0.3 is 11.9 Å². The topological polar surface area (TPSA) is 89.5 Å². The first-order valence-corrected chi connectivity index (χ1v) is 10.0. The van der Waals surface area contributed by atoms with Crippen molar-refractivity contribution in [2.24, 2.45) is 0 Å². The Hall–Kier alpha value is -1.48. The van der Waals surface area contributed by atoms with E-state index in [1.54, 1.807) is 0 Å². The molecular formula is C20H36O8. The molecule has 0 rings (SSSR count). The molecule has 0 spiro atoms. The first-order valence-electron chi connectivity index (χ1n) is 10.0. The van der Waals surface area contributed by atoms with Gasteiger partial charge in [0.15, 0.2) is 0 Å². The smallest absolute Gasteiger partial charge is 0.331 e. The molecule has 0 heterocycles. The molecule has 0 fully saturated rings. The lowest BCUT2D eigenvalue weighted by Crippen LogP contribution is -2.13. The van der Waals surface area contributed by atoms with Crippen LogP contribution in [-0.4, -0.2) is 78.0 Å². The van der Waals surface area contributed by atoms with Crippen molar-refractivity contribution in [1.29, 1.82) is 0 Å². The minimum Gasteiger partial charge on any atom is -0.460 e.